The molecule has 0 aliphatic carbocycles. The van der Waals surface area contributed by atoms with Crippen molar-refractivity contribution in [3.8, 4) is 0 Å². The number of aliphatic hydroxyl groups excluding tert-OH is 1. The first kappa shape index (κ1) is 14.1. The van der Waals surface area contributed by atoms with Crippen molar-refractivity contribution in [3.63, 3.8) is 0 Å². The SMILES string of the molecule is CC[C@H](CO)NS(=O)(=O)c1ccc(C)c(F)c1. The van der Waals surface area contributed by atoms with E-state index in [0.29, 0.717) is 12.0 Å². The number of hydrogen-bond donors (Lipinski definition) is 2. The fraction of sp³-hybridized carbons (Fsp3) is 0.455. The Bertz CT molecular complexity index is 483. The van der Waals surface area contributed by atoms with Crippen LogP contribution in [0.2, 0.25) is 0 Å². The van der Waals surface area contributed by atoms with E-state index in [0.717, 1.165) is 6.07 Å². The Morgan fingerprint density at radius 2 is 2.12 bits per heavy atom. The number of halogens is 1. The molecule has 0 aliphatic heterocycles. The summed E-state index contributed by atoms with van der Waals surface area (Å²) < 4.78 is 39.3. The Kier molecular flexibility index (Phi) is 4.62. The molecule has 0 aromatic heterocycles. The molecule has 4 nitrogen and oxygen atoms in total. The van der Waals surface area contributed by atoms with Crippen molar-refractivity contribution in [3.05, 3.63) is 29.6 Å². The molecule has 0 amide bonds. The zero-order chi connectivity index (χ0) is 13.1. The van der Waals surface area contributed by atoms with Gasteiger partial charge in [0.25, 0.3) is 0 Å². The first-order valence-corrected chi connectivity index (χ1v) is 6.78. The highest BCUT2D eigenvalue weighted by Gasteiger charge is 2.19. The highest BCUT2D eigenvalue weighted by Crippen LogP contribution is 2.14. The normalized spacial score (nSPS) is 13.6. The second kappa shape index (κ2) is 5.57. The summed E-state index contributed by atoms with van der Waals surface area (Å²) in [5, 5.41) is 8.93. The third-order valence-corrected chi connectivity index (χ3v) is 4.01. The average molecular weight is 261 g/mol. The smallest absolute Gasteiger partial charge is 0.241 e. The van der Waals surface area contributed by atoms with Crippen molar-refractivity contribution in [1.82, 2.24) is 4.72 Å². The molecule has 96 valence electrons. The molecule has 17 heavy (non-hydrogen) atoms. The summed E-state index contributed by atoms with van der Waals surface area (Å²) in [4.78, 5) is -0.132. The fourth-order valence-corrected chi connectivity index (χ4v) is 2.60. The van der Waals surface area contributed by atoms with Gasteiger partial charge in [-0.1, -0.05) is 13.0 Å². The monoisotopic (exact) mass is 261 g/mol. The third-order valence-electron chi connectivity index (χ3n) is 2.49. The van der Waals surface area contributed by atoms with Crippen molar-refractivity contribution in [2.75, 3.05) is 6.61 Å². The summed E-state index contributed by atoms with van der Waals surface area (Å²) in [6, 6.07) is 3.17. The molecule has 2 N–H and O–H groups in total. The van der Waals surface area contributed by atoms with E-state index < -0.39 is 21.9 Å². The summed E-state index contributed by atoms with van der Waals surface area (Å²) in [6.07, 6.45) is 0.462. The van der Waals surface area contributed by atoms with Crippen LogP contribution in [0.25, 0.3) is 0 Å². The van der Waals surface area contributed by atoms with Gasteiger partial charge in [-0.2, -0.15) is 0 Å². The zero-order valence-electron chi connectivity index (χ0n) is 9.77. The van der Waals surface area contributed by atoms with Crippen LogP contribution in [0, 0.1) is 12.7 Å². The van der Waals surface area contributed by atoms with Crippen LogP contribution in [0.1, 0.15) is 18.9 Å². The van der Waals surface area contributed by atoms with E-state index in [1.165, 1.54) is 12.1 Å². The molecule has 1 aromatic rings. The van der Waals surface area contributed by atoms with E-state index in [4.69, 9.17) is 5.11 Å². The highest BCUT2D eigenvalue weighted by atomic mass is 32.2. The average Bonchev–Trinajstić information content (AvgIpc) is 2.29. The van der Waals surface area contributed by atoms with Crippen LogP contribution in [-0.2, 0) is 10.0 Å². The quantitative estimate of drug-likeness (QED) is 0.836. The van der Waals surface area contributed by atoms with E-state index in [9.17, 15) is 12.8 Å². The van der Waals surface area contributed by atoms with Gasteiger partial charge in [-0.15, -0.1) is 0 Å². The Balaban J connectivity index is 3.01. The van der Waals surface area contributed by atoms with Gasteiger partial charge in [-0.25, -0.2) is 17.5 Å². The number of aryl methyl sites for hydroxylation is 1. The lowest BCUT2D eigenvalue weighted by atomic mass is 10.2. The molecule has 0 unspecified atom stereocenters. The first-order valence-electron chi connectivity index (χ1n) is 5.30. The summed E-state index contributed by atoms with van der Waals surface area (Å²) in [7, 11) is -3.77. The van der Waals surface area contributed by atoms with Gasteiger partial charge in [0.1, 0.15) is 5.82 Å². The Labute approximate surface area is 101 Å². The van der Waals surface area contributed by atoms with E-state index in [-0.39, 0.29) is 11.5 Å². The summed E-state index contributed by atoms with van der Waals surface area (Å²) in [5.41, 5.74) is 0.387. The lowest BCUT2D eigenvalue weighted by molar-refractivity contribution is 0.254. The maximum atomic E-state index is 13.3. The maximum Gasteiger partial charge on any atom is 0.241 e. The molecule has 1 rings (SSSR count). The molecular formula is C11H16FNO3S. The van der Waals surface area contributed by atoms with Crippen LogP contribution in [-0.4, -0.2) is 26.2 Å². The van der Waals surface area contributed by atoms with Gasteiger partial charge in [-0.05, 0) is 31.0 Å². The second-order valence-corrected chi connectivity index (χ2v) is 5.53. The molecular weight excluding hydrogens is 245 g/mol. The number of aliphatic hydroxyl groups is 1. The van der Waals surface area contributed by atoms with Crippen LogP contribution >= 0.6 is 0 Å². The van der Waals surface area contributed by atoms with Crippen LogP contribution in [0.4, 0.5) is 4.39 Å². The highest BCUT2D eigenvalue weighted by molar-refractivity contribution is 7.89. The minimum atomic E-state index is -3.77. The third kappa shape index (κ3) is 3.49. The molecule has 0 saturated carbocycles. The summed E-state index contributed by atoms with van der Waals surface area (Å²) in [5.74, 6) is -0.565. The molecule has 1 atom stereocenters. The van der Waals surface area contributed by atoms with Gasteiger partial charge in [0.05, 0.1) is 11.5 Å². The van der Waals surface area contributed by atoms with Gasteiger partial charge in [0.2, 0.25) is 10.0 Å². The van der Waals surface area contributed by atoms with Gasteiger partial charge in [-0.3, -0.25) is 0 Å². The van der Waals surface area contributed by atoms with Crippen LogP contribution in [0.5, 0.6) is 0 Å². The maximum absolute atomic E-state index is 13.3. The van der Waals surface area contributed by atoms with Crippen LogP contribution in [0.3, 0.4) is 0 Å². The molecule has 0 bridgehead atoms. The van der Waals surface area contributed by atoms with E-state index in [2.05, 4.69) is 4.72 Å². The van der Waals surface area contributed by atoms with Crippen LogP contribution < -0.4 is 4.72 Å². The summed E-state index contributed by atoms with van der Waals surface area (Å²) >= 11 is 0. The summed E-state index contributed by atoms with van der Waals surface area (Å²) in [6.45, 7) is 3.02. The molecule has 6 heteroatoms. The number of hydrogen-bond acceptors (Lipinski definition) is 3. The standard InChI is InChI=1S/C11H16FNO3S/c1-3-9(7-14)13-17(15,16)10-5-4-8(2)11(12)6-10/h4-6,9,13-14H,3,7H2,1-2H3/t9-/m1/s1. The Morgan fingerprint density at radius 1 is 1.47 bits per heavy atom. The molecule has 0 fully saturated rings. The number of nitrogens with one attached hydrogen (secondary N) is 1. The second-order valence-electron chi connectivity index (χ2n) is 3.82. The topological polar surface area (TPSA) is 66.4 Å². The van der Waals surface area contributed by atoms with Crippen LogP contribution in [0.15, 0.2) is 23.1 Å². The zero-order valence-corrected chi connectivity index (χ0v) is 10.6. The Hall–Kier alpha value is -0.980. The first-order chi connectivity index (χ1) is 7.90. The van der Waals surface area contributed by atoms with Crippen molar-refractivity contribution in [2.45, 2.75) is 31.2 Å². The minimum Gasteiger partial charge on any atom is -0.395 e. The molecule has 0 heterocycles. The lowest BCUT2D eigenvalue weighted by Crippen LogP contribution is -2.36. The number of benzene rings is 1. The molecule has 0 radical (unpaired) electrons. The van der Waals surface area contributed by atoms with E-state index in [1.807, 2.05) is 0 Å². The van der Waals surface area contributed by atoms with Gasteiger partial charge >= 0.3 is 0 Å². The molecule has 1 aromatic carbocycles. The van der Waals surface area contributed by atoms with E-state index in [1.54, 1.807) is 13.8 Å². The fourth-order valence-electron chi connectivity index (χ4n) is 1.28. The van der Waals surface area contributed by atoms with Crippen molar-refractivity contribution in [2.24, 2.45) is 0 Å². The largest absolute Gasteiger partial charge is 0.395 e. The number of rotatable bonds is 5. The lowest BCUT2D eigenvalue weighted by Gasteiger charge is -2.14. The molecule has 0 aliphatic rings. The predicted molar refractivity (Wildman–Crippen MR) is 62.6 cm³/mol. The van der Waals surface area contributed by atoms with Gasteiger partial charge in [0.15, 0.2) is 0 Å². The van der Waals surface area contributed by atoms with Crippen molar-refractivity contribution in [1.29, 1.82) is 0 Å². The van der Waals surface area contributed by atoms with Crippen molar-refractivity contribution >= 4 is 10.0 Å². The number of sulfonamides is 1. The van der Waals surface area contributed by atoms with Gasteiger partial charge < -0.3 is 5.11 Å². The van der Waals surface area contributed by atoms with Gasteiger partial charge in [0, 0.05) is 6.04 Å². The predicted octanol–water partition coefficient (Wildman–Crippen LogP) is 1.18. The Morgan fingerprint density at radius 3 is 2.59 bits per heavy atom. The molecule has 0 spiro atoms. The van der Waals surface area contributed by atoms with E-state index >= 15 is 0 Å². The minimum absolute atomic E-state index is 0.132. The van der Waals surface area contributed by atoms with Crippen molar-refractivity contribution < 1.29 is 17.9 Å². The molecule has 0 saturated heterocycles.